The quantitative estimate of drug-likeness (QED) is 0.324. The minimum Gasteiger partial charge on any atom is -0.491 e. The highest BCUT2D eigenvalue weighted by atomic mass is 19.1. The Kier molecular flexibility index (Phi) is 5.95. The summed E-state index contributed by atoms with van der Waals surface area (Å²) in [4.78, 5) is 12.1. The van der Waals surface area contributed by atoms with Crippen molar-refractivity contribution in [3.8, 4) is 5.75 Å². The molecule has 1 aromatic rings. The van der Waals surface area contributed by atoms with Gasteiger partial charge in [-0.2, -0.15) is 0 Å². The van der Waals surface area contributed by atoms with E-state index in [4.69, 9.17) is 15.7 Å². The lowest BCUT2D eigenvalue weighted by Gasteiger charge is -2.19. The topological polar surface area (TPSA) is 96.9 Å². The zero-order valence-corrected chi connectivity index (χ0v) is 12.3. The van der Waals surface area contributed by atoms with E-state index in [1.807, 2.05) is 0 Å². The first-order valence-electron chi connectivity index (χ1n) is 6.61. The van der Waals surface area contributed by atoms with Gasteiger partial charge in [0.15, 0.2) is 17.4 Å². The molecule has 1 rings (SSSR count). The highest BCUT2D eigenvalue weighted by Gasteiger charge is 2.27. The second-order valence-corrected chi connectivity index (χ2v) is 4.81. The van der Waals surface area contributed by atoms with Gasteiger partial charge >= 0.3 is 0 Å². The molecule has 0 bridgehead atoms. The Labute approximate surface area is 122 Å². The Morgan fingerprint density at radius 2 is 2.19 bits per heavy atom. The number of carbonyl (C=O) groups excluding carboxylic acids is 1. The summed E-state index contributed by atoms with van der Waals surface area (Å²) in [5.41, 5.74) is 5.79. The van der Waals surface area contributed by atoms with Crippen molar-refractivity contribution in [2.24, 2.45) is 22.7 Å². The van der Waals surface area contributed by atoms with Crippen LogP contribution in [-0.4, -0.2) is 23.6 Å². The van der Waals surface area contributed by atoms with Gasteiger partial charge in [0.05, 0.1) is 6.61 Å². The fraction of sp³-hybridized carbons (Fsp3) is 0.429. The van der Waals surface area contributed by atoms with E-state index in [1.165, 1.54) is 12.1 Å². The summed E-state index contributed by atoms with van der Waals surface area (Å²) in [6, 6.07) is 4.12. The molecule has 4 N–H and O–H groups in total. The number of nitrogens with two attached hydrogens (primary N) is 1. The molecule has 1 aromatic carbocycles. The maximum absolute atomic E-state index is 13.7. The SMILES string of the molecule is CCOc1ccc(NC(=O)C(/C(N)=N/O)C(C)C)cc1F. The fourth-order valence-corrected chi connectivity index (χ4v) is 1.91. The molecule has 0 fully saturated rings. The smallest absolute Gasteiger partial charge is 0.235 e. The normalized spacial score (nSPS) is 13.1. The van der Waals surface area contributed by atoms with Gasteiger partial charge in [0.1, 0.15) is 5.92 Å². The fourth-order valence-electron chi connectivity index (χ4n) is 1.91. The molecular formula is C14H20FN3O3. The number of oxime groups is 1. The molecule has 1 amide bonds. The average Bonchev–Trinajstić information content (AvgIpc) is 2.41. The number of halogens is 1. The van der Waals surface area contributed by atoms with Crippen molar-refractivity contribution in [2.45, 2.75) is 20.8 Å². The second-order valence-electron chi connectivity index (χ2n) is 4.81. The maximum atomic E-state index is 13.7. The first kappa shape index (κ1) is 16.7. The van der Waals surface area contributed by atoms with Crippen molar-refractivity contribution in [1.29, 1.82) is 0 Å². The summed E-state index contributed by atoms with van der Waals surface area (Å²) < 4.78 is 18.8. The van der Waals surface area contributed by atoms with Crippen LogP contribution in [0.1, 0.15) is 20.8 Å². The lowest BCUT2D eigenvalue weighted by Crippen LogP contribution is -2.38. The number of ether oxygens (including phenoxy) is 1. The predicted octanol–water partition coefficient (Wildman–Crippen LogP) is 2.18. The third kappa shape index (κ3) is 4.34. The van der Waals surface area contributed by atoms with Crippen molar-refractivity contribution < 1.29 is 19.1 Å². The molecule has 0 saturated heterocycles. The van der Waals surface area contributed by atoms with Crippen molar-refractivity contribution in [2.75, 3.05) is 11.9 Å². The Morgan fingerprint density at radius 1 is 1.52 bits per heavy atom. The Morgan fingerprint density at radius 3 is 2.67 bits per heavy atom. The molecule has 0 aliphatic carbocycles. The van der Waals surface area contributed by atoms with Crippen LogP contribution >= 0.6 is 0 Å². The van der Waals surface area contributed by atoms with Crippen molar-refractivity contribution >= 4 is 17.4 Å². The Bertz CT molecular complexity index is 532. The van der Waals surface area contributed by atoms with Gasteiger partial charge in [-0.05, 0) is 25.0 Å². The molecule has 6 nitrogen and oxygen atoms in total. The number of hydrogen-bond acceptors (Lipinski definition) is 4. The maximum Gasteiger partial charge on any atom is 0.235 e. The van der Waals surface area contributed by atoms with E-state index >= 15 is 0 Å². The number of rotatable bonds is 6. The zero-order chi connectivity index (χ0) is 16.0. The molecule has 0 aliphatic heterocycles. The van der Waals surface area contributed by atoms with Crippen molar-refractivity contribution in [1.82, 2.24) is 0 Å². The van der Waals surface area contributed by atoms with Crippen LogP contribution < -0.4 is 15.8 Å². The van der Waals surface area contributed by atoms with Crippen LogP contribution in [0.25, 0.3) is 0 Å². The molecule has 7 heteroatoms. The van der Waals surface area contributed by atoms with Crippen LogP contribution in [0.4, 0.5) is 10.1 Å². The van der Waals surface area contributed by atoms with Gasteiger partial charge in [0, 0.05) is 11.8 Å². The molecular weight excluding hydrogens is 277 g/mol. The summed E-state index contributed by atoms with van der Waals surface area (Å²) in [5.74, 6) is -2.08. The van der Waals surface area contributed by atoms with E-state index in [-0.39, 0.29) is 23.2 Å². The summed E-state index contributed by atoms with van der Waals surface area (Å²) >= 11 is 0. The third-order valence-corrected chi connectivity index (χ3v) is 2.88. The van der Waals surface area contributed by atoms with Gasteiger partial charge in [-0.3, -0.25) is 4.79 Å². The number of benzene rings is 1. The van der Waals surface area contributed by atoms with E-state index < -0.39 is 17.6 Å². The number of nitrogens with zero attached hydrogens (tertiary/aromatic N) is 1. The van der Waals surface area contributed by atoms with Crippen LogP contribution in [0, 0.1) is 17.7 Å². The number of nitrogens with one attached hydrogen (secondary N) is 1. The molecule has 21 heavy (non-hydrogen) atoms. The van der Waals surface area contributed by atoms with Gasteiger partial charge in [-0.1, -0.05) is 19.0 Å². The van der Waals surface area contributed by atoms with Gasteiger partial charge in [0.2, 0.25) is 5.91 Å². The lowest BCUT2D eigenvalue weighted by atomic mass is 9.94. The molecule has 0 spiro atoms. The molecule has 116 valence electrons. The van der Waals surface area contributed by atoms with Crippen LogP contribution in [-0.2, 0) is 4.79 Å². The number of carbonyl (C=O) groups is 1. The molecule has 0 heterocycles. The highest BCUT2D eigenvalue weighted by Crippen LogP contribution is 2.22. The number of anilines is 1. The van der Waals surface area contributed by atoms with Crippen molar-refractivity contribution in [3.63, 3.8) is 0 Å². The second kappa shape index (κ2) is 7.47. The number of hydrogen-bond donors (Lipinski definition) is 3. The zero-order valence-electron chi connectivity index (χ0n) is 12.3. The van der Waals surface area contributed by atoms with E-state index in [0.717, 1.165) is 6.07 Å². The molecule has 0 radical (unpaired) electrons. The van der Waals surface area contributed by atoms with E-state index in [2.05, 4.69) is 10.5 Å². The predicted molar refractivity (Wildman–Crippen MR) is 77.9 cm³/mol. The minimum atomic E-state index is -0.801. The van der Waals surface area contributed by atoms with Crippen molar-refractivity contribution in [3.05, 3.63) is 24.0 Å². The van der Waals surface area contributed by atoms with Crippen LogP contribution in [0.5, 0.6) is 5.75 Å². The summed E-state index contributed by atoms with van der Waals surface area (Å²) in [6.07, 6.45) is 0. The lowest BCUT2D eigenvalue weighted by molar-refractivity contribution is -0.119. The summed E-state index contributed by atoms with van der Waals surface area (Å²) in [7, 11) is 0. The summed E-state index contributed by atoms with van der Waals surface area (Å²) in [6.45, 7) is 5.63. The Hall–Kier alpha value is -2.31. The Balaban J connectivity index is 2.89. The molecule has 0 aliphatic rings. The van der Waals surface area contributed by atoms with Crippen LogP contribution in [0.2, 0.25) is 0 Å². The van der Waals surface area contributed by atoms with Gasteiger partial charge in [-0.25, -0.2) is 4.39 Å². The first-order valence-corrected chi connectivity index (χ1v) is 6.61. The number of amidine groups is 1. The molecule has 0 saturated carbocycles. The van der Waals surface area contributed by atoms with Gasteiger partial charge in [0.25, 0.3) is 0 Å². The minimum absolute atomic E-state index is 0.118. The largest absolute Gasteiger partial charge is 0.491 e. The average molecular weight is 297 g/mol. The van der Waals surface area contributed by atoms with E-state index in [1.54, 1.807) is 20.8 Å². The standard InChI is InChI=1S/C14H20FN3O3/c1-4-21-11-6-5-9(7-10(11)15)17-14(19)12(8(2)3)13(16)18-20/h5-8,12,20H,4H2,1-3H3,(H2,16,18)(H,17,19). The van der Waals surface area contributed by atoms with Crippen LogP contribution in [0.15, 0.2) is 23.4 Å². The molecule has 0 aromatic heterocycles. The monoisotopic (exact) mass is 297 g/mol. The summed E-state index contributed by atoms with van der Waals surface area (Å²) in [5, 5.41) is 14.1. The highest BCUT2D eigenvalue weighted by molar-refractivity contribution is 6.07. The number of amides is 1. The van der Waals surface area contributed by atoms with Crippen LogP contribution in [0.3, 0.4) is 0 Å². The van der Waals surface area contributed by atoms with E-state index in [0.29, 0.717) is 6.61 Å². The van der Waals surface area contributed by atoms with E-state index in [9.17, 15) is 9.18 Å². The molecule has 1 atom stereocenters. The molecule has 1 unspecified atom stereocenters. The third-order valence-electron chi connectivity index (χ3n) is 2.88. The van der Waals surface area contributed by atoms with Gasteiger partial charge in [-0.15, -0.1) is 0 Å². The first-order chi connectivity index (χ1) is 9.90. The van der Waals surface area contributed by atoms with Gasteiger partial charge < -0.3 is 21.0 Å².